The maximum atomic E-state index is 15.4. The van der Waals surface area contributed by atoms with Crippen LogP contribution in [-0.4, -0.2) is 34.5 Å². The average Bonchev–Trinajstić information content (AvgIpc) is 3.09. The summed E-state index contributed by atoms with van der Waals surface area (Å²) in [7, 11) is 1.82. The predicted molar refractivity (Wildman–Crippen MR) is 135 cm³/mol. The molecular weight excluding hydrogens is 471 g/mol. The molecule has 1 heterocycles. The van der Waals surface area contributed by atoms with Crippen molar-refractivity contribution in [2.45, 2.75) is 47.6 Å². The summed E-state index contributed by atoms with van der Waals surface area (Å²) >= 11 is 6.37. The van der Waals surface area contributed by atoms with Crippen LogP contribution in [0.1, 0.15) is 61.9 Å². The minimum Gasteiger partial charge on any atom is -0.493 e. The molecule has 0 bridgehead atoms. The number of carbonyl (C=O) groups excluding carboxylic acids is 2. The maximum absolute atomic E-state index is 15.4. The monoisotopic (exact) mass is 502 g/mol. The van der Waals surface area contributed by atoms with Crippen LogP contribution < -0.4 is 15.4 Å². The van der Waals surface area contributed by atoms with Crippen molar-refractivity contribution in [3.8, 4) is 5.75 Å². The number of hydrogen-bond acceptors (Lipinski definition) is 4. The maximum Gasteiger partial charge on any atom is 0.255 e. The second-order valence-corrected chi connectivity index (χ2v) is 9.73. The largest absolute Gasteiger partial charge is 0.493 e. The second kappa shape index (κ2) is 10.6. The molecule has 2 aromatic carbocycles. The Hall–Kier alpha value is -3.13. The predicted octanol–water partition coefficient (Wildman–Crippen LogP) is 4.77. The molecule has 0 atom stereocenters. The van der Waals surface area contributed by atoms with Crippen molar-refractivity contribution in [1.29, 1.82) is 0 Å². The van der Waals surface area contributed by atoms with Gasteiger partial charge in [-0.05, 0) is 26.0 Å². The number of aryl methyl sites for hydroxylation is 1. The van der Waals surface area contributed by atoms with E-state index in [1.54, 1.807) is 45.0 Å². The number of imidazole rings is 1. The Morgan fingerprint density at radius 1 is 1.17 bits per heavy atom. The molecule has 0 aliphatic carbocycles. The molecule has 0 aliphatic rings. The van der Waals surface area contributed by atoms with Crippen molar-refractivity contribution in [2.75, 3.05) is 13.2 Å². The summed E-state index contributed by atoms with van der Waals surface area (Å²) in [5.41, 5.74) is 1.80. The van der Waals surface area contributed by atoms with Crippen LogP contribution in [0, 0.1) is 11.2 Å². The highest BCUT2D eigenvalue weighted by molar-refractivity contribution is 6.31. The number of amides is 2. The molecule has 3 rings (SSSR count). The summed E-state index contributed by atoms with van der Waals surface area (Å²) < 4.78 is 23.0. The van der Waals surface area contributed by atoms with Gasteiger partial charge in [0, 0.05) is 54.2 Å². The van der Waals surface area contributed by atoms with Crippen LogP contribution in [0.3, 0.4) is 0 Å². The molecular formula is C26H32ClFN4O3. The number of nitrogens with zero attached hydrogens (tertiary/aromatic N) is 2. The highest BCUT2D eigenvalue weighted by atomic mass is 35.5. The minimum absolute atomic E-state index is 0.0578. The zero-order valence-corrected chi connectivity index (χ0v) is 21.8. The van der Waals surface area contributed by atoms with E-state index in [9.17, 15) is 9.59 Å². The van der Waals surface area contributed by atoms with Gasteiger partial charge in [-0.1, -0.05) is 38.4 Å². The summed E-state index contributed by atoms with van der Waals surface area (Å²) in [5.74, 6) is 0.145. The molecule has 0 saturated heterocycles. The number of nitrogens with one attached hydrogen (secondary N) is 2. The van der Waals surface area contributed by atoms with Crippen molar-refractivity contribution in [3.63, 3.8) is 0 Å². The third-order valence-corrected chi connectivity index (χ3v) is 6.03. The fourth-order valence-corrected chi connectivity index (χ4v) is 3.89. The zero-order valence-electron chi connectivity index (χ0n) is 21.0. The van der Waals surface area contributed by atoms with Gasteiger partial charge in [-0.2, -0.15) is 0 Å². The highest BCUT2D eigenvalue weighted by Gasteiger charge is 2.23. The lowest BCUT2D eigenvalue weighted by molar-refractivity contribution is -0.128. The Balaban J connectivity index is 1.97. The van der Waals surface area contributed by atoms with E-state index < -0.39 is 11.2 Å². The topological polar surface area (TPSA) is 85.3 Å². The Morgan fingerprint density at radius 3 is 2.51 bits per heavy atom. The Bertz CT molecular complexity index is 1260. The van der Waals surface area contributed by atoms with Gasteiger partial charge in [0.25, 0.3) is 5.91 Å². The van der Waals surface area contributed by atoms with Crippen LogP contribution in [0.25, 0.3) is 11.0 Å². The Morgan fingerprint density at radius 2 is 1.89 bits per heavy atom. The number of fused-ring (bicyclic) bond motifs is 1. The first-order chi connectivity index (χ1) is 16.5. The van der Waals surface area contributed by atoms with Crippen LogP contribution >= 0.6 is 11.6 Å². The first kappa shape index (κ1) is 26.5. The number of rotatable bonds is 8. The summed E-state index contributed by atoms with van der Waals surface area (Å²) in [6, 6.07) is 6.66. The summed E-state index contributed by atoms with van der Waals surface area (Å²) in [6.45, 7) is 10.0. The number of benzene rings is 2. The first-order valence-electron chi connectivity index (χ1n) is 11.6. The molecule has 188 valence electrons. The first-order valence-corrected chi connectivity index (χ1v) is 12.0. The van der Waals surface area contributed by atoms with Gasteiger partial charge in [0.2, 0.25) is 5.91 Å². The summed E-state index contributed by atoms with van der Waals surface area (Å²) in [4.78, 5) is 29.4. The van der Waals surface area contributed by atoms with Gasteiger partial charge in [0.15, 0.2) is 0 Å². The van der Waals surface area contributed by atoms with E-state index in [1.807, 2.05) is 25.5 Å². The van der Waals surface area contributed by atoms with E-state index in [0.29, 0.717) is 46.9 Å². The average molecular weight is 503 g/mol. The molecule has 2 N–H and O–H groups in total. The SMILES string of the molecule is CCNC(=O)c1cc2nc(Cc3c(Cl)ccc(CNC(=O)C(C)(C)C)c3F)n(C)c2cc1OCC. The van der Waals surface area contributed by atoms with Gasteiger partial charge in [0.1, 0.15) is 17.4 Å². The molecule has 1 aromatic heterocycles. The van der Waals surface area contributed by atoms with Crippen LogP contribution in [0.4, 0.5) is 4.39 Å². The van der Waals surface area contributed by atoms with E-state index >= 15 is 4.39 Å². The summed E-state index contributed by atoms with van der Waals surface area (Å²) in [6.07, 6.45) is 0.136. The molecule has 2 amide bonds. The van der Waals surface area contributed by atoms with E-state index in [4.69, 9.17) is 16.3 Å². The molecule has 0 fully saturated rings. The fraction of sp³-hybridized carbons (Fsp3) is 0.423. The molecule has 35 heavy (non-hydrogen) atoms. The van der Waals surface area contributed by atoms with Gasteiger partial charge in [0.05, 0.1) is 23.2 Å². The molecule has 9 heteroatoms. The minimum atomic E-state index is -0.577. The van der Waals surface area contributed by atoms with Crippen LogP contribution in [-0.2, 0) is 24.8 Å². The third-order valence-electron chi connectivity index (χ3n) is 5.68. The van der Waals surface area contributed by atoms with E-state index in [2.05, 4.69) is 15.6 Å². The lowest BCUT2D eigenvalue weighted by Gasteiger charge is -2.18. The number of ether oxygens (including phenoxy) is 1. The number of hydrogen-bond donors (Lipinski definition) is 2. The van der Waals surface area contributed by atoms with Crippen molar-refractivity contribution in [1.82, 2.24) is 20.2 Å². The number of halogens is 2. The Labute approximate surface area is 210 Å². The van der Waals surface area contributed by atoms with Crippen molar-refractivity contribution < 1.29 is 18.7 Å². The van der Waals surface area contributed by atoms with Crippen molar-refractivity contribution in [2.24, 2.45) is 12.5 Å². The number of carbonyl (C=O) groups is 2. The van der Waals surface area contributed by atoms with E-state index in [-0.39, 0.29) is 29.8 Å². The zero-order chi connectivity index (χ0) is 25.9. The fourth-order valence-electron chi connectivity index (χ4n) is 3.68. The van der Waals surface area contributed by atoms with Gasteiger partial charge in [-0.3, -0.25) is 9.59 Å². The van der Waals surface area contributed by atoms with E-state index in [1.165, 1.54) is 0 Å². The smallest absolute Gasteiger partial charge is 0.255 e. The quantitative estimate of drug-likeness (QED) is 0.464. The van der Waals surface area contributed by atoms with Crippen molar-refractivity contribution >= 4 is 34.4 Å². The second-order valence-electron chi connectivity index (χ2n) is 9.33. The molecule has 3 aromatic rings. The lowest BCUT2D eigenvalue weighted by Crippen LogP contribution is -2.34. The summed E-state index contributed by atoms with van der Waals surface area (Å²) in [5, 5.41) is 5.84. The molecule has 7 nitrogen and oxygen atoms in total. The van der Waals surface area contributed by atoms with Crippen molar-refractivity contribution in [3.05, 3.63) is 57.6 Å². The van der Waals surface area contributed by atoms with Crippen LogP contribution in [0.2, 0.25) is 5.02 Å². The van der Waals surface area contributed by atoms with Gasteiger partial charge < -0.3 is 19.9 Å². The number of aromatic nitrogens is 2. The highest BCUT2D eigenvalue weighted by Crippen LogP contribution is 2.30. The molecule has 0 aliphatic heterocycles. The van der Waals surface area contributed by atoms with Gasteiger partial charge in [-0.15, -0.1) is 0 Å². The molecule has 0 spiro atoms. The molecule has 0 radical (unpaired) electrons. The van der Waals surface area contributed by atoms with Gasteiger partial charge >= 0.3 is 0 Å². The van der Waals surface area contributed by atoms with Crippen LogP contribution in [0.15, 0.2) is 24.3 Å². The van der Waals surface area contributed by atoms with Gasteiger partial charge in [-0.25, -0.2) is 9.37 Å². The molecule has 0 unspecified atom stereocenters. The lowest BCUT2D eigenvalue weighted by atomic mass is 9.95. The Kier molecular flexibility index (Phi) is 8.05. The molecule has 0 saturated carbocycles. The normalized spacial score (nSPS) is 11.5. The van der Waals surface area contributed by atoms with Crippen LogP contribution in [0.5, 0.6) is 5.75 Å². The standard InChI is InChI=1S/C26H32ClFN4O3/c1-7-29-24(33)17-11-19-20(13-21(17)35-8-2)32(6)22(31-19)12-16-18(27)10-9-15(23(16)28)14-30-25(34)26(3,4)5/h9-11,13H,7-8,12,14H2,1-6H3,(H,29,33)(H,30,34). The third kappa shape index (κ3) is 5.75. The van der Waals surface area contributed by atoms with E-state index in [0.717, 1.165) is 5.52 Å².